The monoisotopic (exact) mass is 227 g/mol. The SMILES string of the molecule is CC(Nc1nc(N)c(F)cc1F)C1CCC1. The minimum absolute atomic E-state index is 0.0401. The van der Waals surface area contributed by atoms with E-state index >= 15 is 0 Å². The van der Waals surface area contributed by atoms with Gasteiger partial charge in [0.25, 0.3) is 0 Å². The minimum atomic E-state index is -0.820. The first-order valence-corrected chi connectivity index (χ1v) is 5.46. The number of nitrogen functional groups attached to an aromatic ring is 1. The van der Waals surface area contributed by atoms with Gasteiger partial charge in [-0.05, 0) is 25.7 Å². The minimum Gasteiger partial charge on any atom is -0.381 e. The quantitative estimate of drug-likeness (QED) is 0.834. The number of nitrogens with one attached hydrogen (secondary N) is 1. The lowest BCUT2D eigenvalue weighted by Gasteiger charge is -2.32. The third-order valence-corrected chi connectivity index (χ3v) is 3.18. The summed E-state index contributed by atoms with van der Waals surface area (Å²) in [6.45, 7) is 1.98. The number of nitrogens with two attached hydrogens (primary N) is 1. The van der Waals surface area contributed by atoms with Crippen LogP contribution in [0.15, 0.2) is 6.07 Å². The van der Waals surface area contributed by atoms with Gasteiger partial charge in [-0.3, -0.25) is 0 Å². The van der Waals surface area contributed by atoms with Gasteiger partial charge in [0, 0.05) is 12.1 Å². The molecule has 2 rings (SSSR count). The van der Waals surface area contributed by atoms with E-state index in [4.69, 9.17) is 5.73 Å². The van der Waals surface area contributed by atoms with Gasteiger partial charge in [-0.2, -0.15) is 0 Å². The zero-order chi connectivity index (χ0) is 11.7. The maximum absolute atomic E-state index is 13.4. The molecule has 0 saturated heterocycles. The van der Waals surface area contributed by atoms with Crippen LogP contribution in [0.2, 0.25) is 0 Å². The van der Waals surface area contributed by atoms with Gasteiger partial charge in [-0.15, -0.1) is 0 Å². The number of hydrogen-bond acceptors (Lipinski definition) is 3. The molecule has 0 aromatic carbocycles. The molecule has 1 atom stereocenters. The fourth-order valence-corrected chi connectivity index (χ4v) is 1.86. The first kappa shape index (κ1) is 11.1. The molecule has 0 radical (unpaired) electrons. The van der Waals surface area contributed by atoms with E-state index in [1.807, 2.05) is 6.92 Å². The third kappa shape index (κ3) is 2.08. The van der Waals surface area contributed by atoms with Crippen molar-refractivity contribution in [2.24, 2.45) is 5.92 Å². The Kier molecular flexibility index (Phi) is 2.94. The highest BCUT2D eigenvalue weighted by Crippen LogP contribution is 2.31. The molecule has 1 aromatic rings. The molecule has 1 aliphatic rings. The number of halogens is 2. The van der Waals surface area contributed by atoms with Crippen LogP contribution in [0, 0.1) is 17.6 Å². The molecule has 0 bridgehead atoms. The van der Waals surface area contributed by atoms with E-state index < -0.39 is 11.6 Å². The molecule has 3 N–H and O–H groups in total. The molecule has 0 spiro atoms. The summed E-state index contributed by atoms with van der Waals surface area (Å²) >= 11 is 0. The van der Waals surface area contributed by atoms with Crippen molar-refractivity contribution in [3.05, 3.63) is 17.7 Å². The summed E-state index contributed by atoms with van der Waals surface area (Å²) in [5.74, 6) is -1.20. The Bertz CT molecular complexity index is 391. The lowest BCUT2D eigenvalue weighted by molar-refractivity contribution is 0.284. The average Bonchev–Trinajstić information content (AvgIpc) is 2.11. The van der Waals surface area contributed by atoms with Gasteiger partial charge in [0.2, 0.25) is 0 Å². The summed E-state index contributed by atoms with van der Waals surface area (Å²) in [6, 6.07) is 0.902. The first-order chi connectivity index (χ1) is 7.58. The van der Waals surface area contributed by atoms with Gasteiger partial charge in [0.1, 0.15) is 0 Å². The summed E-state index contributed by atoms with van der Waals surface area (Å²) < 4.78 is 26.2. The van der Waals surface area contributed by atoms with Crippen LogP contribution in [0.25, 0.3) is 0 Å². The van der Waals surface area contributed by atoms with E-state index in [2.05, 4.69) is 10.3 Å². The molecular formula is C11H15F2N3. The second-order valence-corrected chi connectivity index (χ2v) is 4.31. The molecular weight excluding hydrogens is 212 g/mol. The van der Waals surface area contributed by atoms with Crippen LogP contribution in [0.3, 0.4) is 0 Å². The van der Waals surface area contributed by atoms with Gasteiger partial charge in [0.05, 0.1) is 0 Å². The summed E-state index contributed by atoms with van der Waals surface area (Å²) in [5.41, 5.74) is 5.30. The van der Waals surface area contributed by atoms with Gasteiger partial charge in [-0.25, -0.2) is 13.8 Å². The highest BCUT2D eigenvalue weighted by molar-refractivity contribution is 5.45. The Morgan fingerprint density at radius 3 is 2.69 bits per heavy atom. The van der Waals surface area contributed by atoms with Crippen molar-refractivity contribution < 1.29 is 8.78 Å². The van der Waals surface area contributed by atoms with E-state index in [0.717, 1.165) is 18.9 Å². The summed E-state index contributed by atoms with van der Waals surface area (Å²) in [5, 5.41) is 2.95. The fourth-order valence-electron chi connectivity index (χ4n) is 1.86. The standard InChI is InChI=1S/C11H15F2N3/c1-6(7-3-2-4-7)15-11-9(13)5-8(12)10(14)16-11/h5-7H,2-4H2,1H3,(H3,14,15,16). The van der Waals surface area contributed by atoms with Crippen molar-refractivity contribution in [3.8, 4) is 0 Å². The molecule has 0 amide bonds. The topological polar surface area (TPSA) is 50.9 Å². The maximum Gasteiger partial charge on any atom is 0.168 e. The highest BCUT2D eigenvalue weighted by Gasteiger charge is 2.25. The van der Waals surface area contributed by atoms with Crippen LogP contribution in [0.5, 0.6) is 0 Å². The van der Waals surface area contributed by atoms with Crippen molar-refractivity contribution in [1.29, 1.82) is 0 Å². The van der Waals surface area contributed by atoms with E-state index in [1.54, 1.807) is 0 Å². The Hall–Kier alpha value is -1.39. The van der Waals surface area contributed by atoms with Crippen molar-refractivity contribution in [2.75, 3.05) is 11.1 Å². The number of anilines is 2. The second kappa shape index (κ2) is 4.23. The van der Waals surface area contributed by atoms with Crippen molar-refractivity contribution in [3.63, 3.8) is 0 Å². The lowest BCUT2D eigenvalue weighted by atomic mass is 9.80. The molecule has 88 valence electrons. The summed E-state index contributed by atoms with van der Waals surface area (Å²) in [7, 11) is 0. The Balaban J connectivity index is 2.11. The Morgan fingerprint density at radius 1 is 1.44 bits per heavy atom. The van der Waals surface area contributed by atoms with Crippen LogP contribution >= 0.6 is 0 Å². The van der Waals surface area contributed by atoms with E-state index in [0.29, 0.717) is 5.92 Å². The van der Waals surface area contributed by atoms with Crippen molar-refractivity contribution in [2.45, 2.75) is 32.2 Å². The molecule has 16 heavy (non-hydrogen) atoms. The zero-order valence-electron chi connectivity index (χ0n) is 9.13. The first-order valence-electron chi connectivity index (χ1n) is 5.46. The molecule has 1 fully saturated rings. The van der Waals surface area contributed by atoms with Gasteiger partial charge in [-0.1, -0.05) is 6.42 Å². The smallest absolute Gasteiger partial charge is 0.168 e. The van der Waals surface area contributed by atoms with E-state index in [9.17, 15) is 8.78 Å². The van der Waals surface area contributed by atoms with E-state index in [-0.39, 0.29) is 17.7 Å². The zero-order valence-corrected chi connectivity index (χ0v) is 9.13. The molecule has 1 unspecified atom stereocenters. The number of nitrogens with zero attached hydrogens (tertiary/aromatic N) is 1. The lowest BCUT2D eigenvalue weighted by Crippen LogP contribution is -2.31. The van der Waals surface area contributed by atoms with Crippen LogP contribution in [-0.4, -0.2) is 11.0 Å². The predicted molar refractivity (Wildman–Crippen MR) is 59.0 cm³/mol. The second-order valence-electron chi connectivity index (χ2n) is 4.31. The third-order valence-electron chi connectivity index (χ3n) is 3.18. The molecule has 1 heterocycles. The van der Waals surface area contributed by atoms with E-state index in [1.165, 1.54) is 6.42 Å². The van der Waals surface area contributed by atoms with Crippen LogP contribution < -0.4 is 11.1 Å². The predicted octanol–water partition coefficient (Wildman–Crippen LogP) is 2.54. The molecule has 1 aliphatic carbocycles. The van der Waals surface area contributed by atoms with Crippen molar-refractivity contribution >= 4 is 11.6 Å². The van der Waals surface area contributed by atoms with Crippen LogP contribution in [-0.2, 0) is 0 Å². The van der Waals surface area contributed by atoms with Crippen molar-refractivity contribution in [1.82, 2.24) is 4.98 Å². The maximum atomic E-state index is 13.4. The van der Waals surface area contributed by atoms with Gasteiger partial charge in [0.15, 0.2) is 23.3 Å². The summed E-state index contributed by atoms with van der Waals surface area (Å²) in [6.07, 6.45) is 3.51. The number of aromatic nitrogens is 1. The average molecular weight is 227 g/mol. The molecule has 5 heteroatoms. The molecule has 0 aliphatic heterocycles. The largest absolute Gasteiger partial charge is 0.381 e. The Labute approximate surface area is 93.1 Å². The fraction of sp³-hybridized carbons (Fsp3) is 0.545. The molecule has 3 nitrogen and oxygen atoms in total. The van der Waals surface area contributed by atoms with Gasteiger partial charge < -0.3 is 11.1 Å². The summed E-state index contributed by atoms with van der Waals surface area (Å²) in [4.78, 5) is 3.67. The van der Waals surface area contributed by atoms with Crippen LogP contribution in [0.1, 0.15) is 26.2 Å². The number of hydrogen-bond donors (Lipinski definition) is 2. The number of pyridine rings is 1. The van der Waals surface area contributed by atoms with Gasteiger partial charge >= 0.3 is 0 Å². The van der Waals surface area contributed by atoms with Crippen LogP contribution in [0.4, 0.5) is 20.4 Å². The molecule has 1 saturated carbocycles. The Morgan fingerprint density at radius 2 is 2.12 bits per heavy atom. The number of rotatable bonds is 3. The normalized spacial score (nSPS) is 17.9. The highest BCUT2D eigenvalue weighted by atomic mass is 19.1. The molecule has 1 aromatic heterocycles.